The molecule has 36 heavy (non-hydrogen) atoms. The summed E-state index contributed by atoms with van der Waals surface area (Å²) in [5.41, 5.74) is 5.62. The third-order valence-electron chi connectivity index (χ3n) is 3.60. The molecule has 0 radical (unpaired) electrons. The van der Waals surface area contributed by atoms with Gasteiger partial charge in [0, 0.05) is 39.4 Å². The molecule has 2 atom stereocenters. The van der Waals surface area contributed by atoms with Crippen molar-refractivity contribution in [2.24, 2.45) is 16.1 Å². The van der Waals surface area contributed by atoms with Crippen molar-refractivity contribution in [2.45, 2.75) is 45.9 Å². The Labute approximate surface area is 210 Å². The number of benzene rings is 1. The molecule has 1 heterocycles. The predicted molar refractivity (Wildman–Crippen MR) is 134 cm³/mol. The lowest BCUT2D eigenvalue weighted by molar-refractivity contribution is 0.0996. The first-order valence-electron chi connectivity index (χ1n) is 10.8. The van der Waals surface area contributed by atoms with Crippen LogP contribution in [-0.2, 0) is 9.09 Å². The summed E-state index contributed by atoms with van der Waals surface area (Å²) in [6.07, 6.45) is 0.311. The number of rotatable bonds is 9. The first-order valence-corrected chi connectivity index (χ1v) is 12.8. The highest BCUT2D eigenvalue weighted by atomic mass is 31.2. The first-order chi connectivity index (χ1) is 16.5. The van der Waals surface area contributed by atoms with Gasteiger partial charge in [-0.3, -0.25) is 14.4 Å². The van der Waals surface area contributed by atoms with Crippen molar-refractivity contribution in [1.82, 2.24) is 20.3 Å². The van der Waals surface area contributed by atoms with Gasteiger partial charge in [0.25, 0.3) is 5.91 Å². The van der Waals surface area contributed by atoms with Crippen LogP contribution in [0.3, 0.4) is 0 Å². The number of aromatic nitrogens is 2. The second-order valence-electron chi connectivity index (χ2n) is 8.26. The largest absolute Gasteiger partial charge is 0.508 e. The minimum absolute atomic E-state index is 0.0476. The van der Waals surface area contributed by atoms with Crippen LogP contribution in [0, 0.1) is 0 Å². The monoisotopic (exact) mass is 533 g/mol. The van der Waals surface area contributed by atoms with Gasteiger partial charge in [-0.15, -0.1) is 5.11 Å². The number of aliphatic hydroxyl groups is 1. The number of nitrogens with two attached hydrogens (primary N) is 1. The number of primary amides is 1. The number of aromatic amines is 1. The molecule has 0 aliphatic heterocycles. The van der Waals surface area contributed by atoms with Crippen LogP contribution in [0.15, 0.2) is 34.9 Å². The molecule has 0 saturated heterocycles. The Morgan fingerprint density at radius 3 is 2.19 bits per heavy atom. The Bertz CT molecular complexity index is 990. The summed E-state index contributed by atoms with van der Waals surface area (Å²) in [6.45, 7) is 8.57. The number of amides is 1. The molecule has 0 bridgehead atoms. The molecule has 0 aliphatic carbocycles. The fourth-order valence-corrected chi connectivity index (χ4v) is 3.08. The minimum atomic E-state index is -3.72. The van der Waals surface area contributed by atoms with Crippen LogP contribution < -0.4 is 11.1 Å². The lowest BCUT2D eigenvalue weighted by atomic mass is 10.1. The molecular formula is C21H37FN7O6P. The van der Waals surface area contributed by atoms with Crippen LogP contribution >= 0.6 is 7.68 Å². The quantitative estimate of drug-likeness (QED) is 0.159. The van der Waals surface area contributed by atoms with Crippen molar-refractivity contribution in [3.63, 3.8) is 0 Å². The van der Waals surface area contributed by atoms with E-state index in [0.29, 0.717) is 12.1 Å². The number of aliphatic hydroxyl groups excluding tert-OH is 1. The van der Waals surface area contributed by atoms with Crippen LogP contribution in [0.5, 0.6) is 11.5 Å². The molecule has 2 rings (SSSR count). The van der Waals surface area contributed by atoms with E-state index in [-0.39, 0.29) is 35.2 Å². The van der Waals surface area contributed by atoms with Gasteiger partial charge in [0.1, 0.15) is 11.5 Å². The molecule has 15 heteroatoms. The van der Waals surface area contributed by atoms with Crippen molar-refractivity contribution in [2.75, 3.05) is 27.3 Å². The number of H-pyrrole nitrogens is 1. The molecule has 0 saturated carbocycles. The fourth-order valence-electron chi connectivity index (χ4n) is 2.33. The summed E-state index contributed by atoms with van der Waals surface area (Å²) in [6, 6.07) is 4.38. The van der Waals surface area contributed by atoms with E-state index in [0.717, 1.165) is 6.66 Å². The van der Waals surface area contributed by atoms with Crippen LogP contribution in [0.25, 0.3) is 0 Å². The Hall–Kier alpha value is -3.06. The first kappa shape index (κ1) is 32.9. The molecule has 1 aromatic heterocycles. The van der Waals surface area contributed by atoms with E-state index in [2.05, 4.69) is 30.1 Å². The van der Waals surface area contributed by atoms with E-state index in [9.17, 15) is 28.9 Å². The van der Waals surface area contributed by atoms with Gasteiger partial charge in [-0.2, -0.15) is 4.20 Å². The Kier molecular flexibility index (Phi) is 14.5. The predicted octanol–water partition coefficient (Wildman–Crippen LogP) is 3.40. The number of hydrogen-bond acceptors (Lipinski definition) is 10. The number of aromatic hydroxyl groups is 2. The van der Waals surface area contributed by atoms with Crippen LogP contribution in [0.2, 0.25) is 0 Å². The minimum Gasteiger partial charge on any atom is -0.508 e. The number of phenols is 2. The molecular weight excluding hydrogens is 496 g/mol. The van der Waals surface area contributed by atoms with E-state index in [1.54, 1.807) is 27.9 Å². The van der Waals surface area contributed by atoms with Crippen LogP contribution in [0.1, 0.15) is 49.9 Å². The Morgan fingerprint density at radius 2 is 1.81 bits per heavy atom. The van der Waals surface area contributed by atoms with Crippen molar-refractivity contribution in [3.05, 3.63) is 35.8 Å². The average Bonchev–Trinajstić information content (AvgIpc) is 3.18. The summed E-state index contributed by atoms with van der Waals surface area (Å²) >= 11 is 0. The molecule has 2 unspecified atom stereocenters. The van der Waals surface area contributed by atoms with Gasteiger partial charge in [0.15, 0.2) is 11.5 Å². The standard InChI is InChI=1S/C11H17NO3.C6H10N6O.C4H10FO2P/c1-7(2)12-6-11(15)8-3-9(13)5-10(14)4-8;1-12(2)11-10-6-4(5(7)13)8-3-9-6;1-4(2)7-8(3,5)6/h3-5,7,11-15H,6H2,1-2H3;3H,1-2H3,(H2,7,13)(H,8,9);4H,1-3H3/b;11-10+;. The summed E-state index contributed by atoms with van der Waals surface area (Å²) in [4.78, 5) is 17.1. The molecule has 1 amide bonds. The number of imidazole rings is 1. The van der Waals surface area contributed by atoms with Crippen LogP contribution in [-0.4, -0.2) is 75.7 Å². The second kappa shape index (κ2) is 15.8. The van der Waals surface area contributed by atoms with E-state index in [1.807, 2.05) is 13.8 Å². The van der Waals surface area contributed by atoms with Gasteiger partial charge in [0.2, 0.25) is 0 Å². The fraction of sp³-hybridized carbons (Fsp3) is 0.524. The van der Waals surface area contributed by atoms with E-state index in [4.69, 9.17) is 5.73 Å². The molecule has 0 fully saturated rings. The second-order valence-corrected chi connectivity index (χ2v) is 9.97. The van der Waals surface area contributed by atoms with E-state index >= 15 is 0 Å². The van der Waals surface area contributed by atoms with Gasteiger partial charge in [-0.25, -0.2) is 4.98 Å². The molecule has 1 aromatic carbocycles. The zero-order valence-corrected chi connectivity index (χ0v) is 22.4. The summed E-state index contributed by atoms with van der Waals surface area (Å²) in [5, 5.41) is 40.2. The summed E-state index contributed by atoms with van der Waals surface area (Å²) in [7, 11) is -0.298. The topological polar surface area (TPSA) is 199 Å². The molecule has 7 N–H and O–H groups in total. The van der Waals surface area contributed by atoms with Gasteiger partial charge in [-0.05, 0) is 31.5 Å². The third-order valence-corrected chi connectivity index (χ3v) is 4.40. The number of halogens is 1. The highest BCUT2D eigenvalue weighted by molar-refractivity contribution is 7.52. The van der Waals surface area contributed by atoms with E-state index in [1.165, 1.54) is 29.5 Å². The normalized spacial score (nSPS) is 13.4. The lowest BCUT2D eigenvalue weighted by Gasteiger charge is -2.14. The van der Waals surface area contributed by atoms with Crippen molar-refractivity contribution >= 4 is 19.4 Å². The Balaban J connectivity index is 0.000000535. The maximum Gasteiger partial charge on any atom is 0.364 e. The molecule has 2 aromatic rings. The number of nitrogens with zero attached hydrogens (tertiary/aromatic N) is 4. The zero-order chi connectivity index (χ0) is 28.1. The van der Waals surface area contributed by atoms with Crippen molar-refractivity contribution in [1.29, 1.82) is 0 Å². The number of carbonyl (C=O) groups is 1. The van der Waals surface area contributed by atoms with Gasteiger partial charge in [0.05, 0.1) is 18.5 Å². The smallest absolute Gasteiger partial charge is 0.364 e. The highest BCUT2D eigenvalue weighted by Gasteiger charge is 2.14. The molecule has 204 valence electrons. The SMILES string of the molecule is CC(C)NCC(O)c1cc(O)cc(O)c1.CC(C)OP(C)(=O)F.CN(C)/N=N/c1[nH]cnc1C(N)=O. The molecule has 13 nitrogen and oxygen atoms in total. The summed E-state index contributed by atoms with van der Waals surface area (Å²) in [5.74, 6) is -0.461. The maximum absolute atomic E-state index is 12.0. The maximum atomic E-state index is 12.0. The summed E-state index contributed by atoms with van der Waals surface area (Å²) < 4.78 is 26.4. The van der Waals surface area contributed by atoms with Crippen molar-refractivity contribution < 1.29 is 33.4 Å². The number of hydrogen-bond donors (Lipinski definition) is 6. The zero-order valence-electron chi connectivity index (χ0n) is 21.5. The lowest BCUT2D eigenvalue weighted by Crippen LogP contribution is -2.27. The number of carbonyl (C=O) groups excluding carboxylic acids is 1. The van der Waals surface area contributed by atoms with Gasteiger partial charge < -0.3 is 35.9 Å². The molecule has 0 spiro atoms. The van der Waals surface area contributed by atoms with Gasteiger partial charge in [-0.1, -0.05) is 19.1 Å². The van der Waals surface area contributed by atoms with Gasteiger partial charge >= 0.3 is 7.68 Å². The van der Waals surface area contributed by atoms with E-state index < -0.39 is 19.7 Å². The van der Waals surface area contributed by atoms with Crippen molar-refractivity contribution in [3.8, 4) is 11.5 Å². The third kappa shape index (κ3) is 15.8. The number of nitrogens with one attached hydrogen (secondary N) is 2. The van der Waals surface area contributed by atoms with Crippen LogP contribution in [0.4, 0.5) is 10.0 Å². The Morgan fingerprint density at radius 1 is 1.25 bits per heavy atom. The number of phenolic OH excluding ortho intramolecular Hbond substituents is 2. The average molecular weight is 534 g/mol. The molecule has 0 aliphatic rings. The highest BCUT2D eigenvalue weighted by Crippen LogP contribution is 2.45.